The number of benzene rings is 1. The molecule has 130 valence electrons. The second-order valence-corrected chi connectivity index (χ2v) is 7.23. The number of rotatable bonds is 4. The van der Waals surface area contributed by atoms with Crippen LogP contribution in [0.5, 0.6) is 0 Å². The Hall–Kier alpha value is -1.75. The van der Waals surface area contributed by atoms with Gasteiger partial charge in [-0.1, -0.05) is 36.6 Å². The molecule has 1 saturated heterocycles. The summed E-state index contributed by atoms with van der Waals surface area (Å²) in [6, 6.07) is 7.43. The smallest absolute Gasteiger partial charge is 0.317 e. The lowest BCUT2D eigenvalue weighted by Crippen LogP contribution is -2.42. The number of urea groups is 1. The molecule has 1 saturated carbocycles. The Morgan fingerprint density at radius 2 is 1.83 bits per heavy atom. The average molecular weight is 351 g/mol. The second kappa shape index (κ2) is 7.43. The largest absolute Gasteiger partial charge is 0.481 e. The molecule has 2 aliphatic rings. The van der Waals surface area contributed by atoms with Crippen molar-refractivity contribution >= 4 is 23.6 Å². The van der Waals surface area contributed by atoms with Crippen molar-refractivity contribution in [3.63, 3.8) is 0 Å². The van der Waals surface area contributed by atoms with Gasteiger partial charge in [-0.2, -0.15) is 0 Å². The molecule has 2 atom stereocenters. The fourth-order valence-corrected chi connectivity index (χ4v) is 3.93. The van der Waals surface area contributed by atoms with Crippen molar-refractivity contribution in [1.29, 1.82) is 0 Å². The van der Waals surface area contributed by atoms with E-state index in [4.69, 9.17) is 16.7 Å². The molecule has 0 aromatic heterocycles. The van der Waals surface area contributed by atoms with Gasteiger partial charge in [-0.25, -0.2) is 4.79 Å². The van der Waals surface area contributed by atoms with E-state index < -0.39 is 11.9 Å². The first kappa shape index (κ1) is 17.1. The quantitative estimate of drug-likeness (QED) is 0.870. The molecule has 2 amide bonds. The third-order valence-electron chi connectivity index (χ3n) is 5.20. The topological polar surface area (TPSA) is 69.6 Å². The monoisotopic (exact) mass is 350 g/mol. The molecule has 24 heavy (non-hydrogen) atoms. The van der Waals surface area contributed by atoms with E-state index in [1.165, 1.54) is 12.8 Å². The fourth-order valence-electron chi connectivity index (χ4n) is 3.80. The van der Waals surface area contributed by atoms with Gasteiger partial charge >= 0.3 is 12.0 Å². The van der Waals surface area contributed by atoms with Crippen molar-refractivity contribution < 1.29 is 14.7 Å². The number of halogens is 1. The van der Waals surface area contributed by atoms with Crippen LogP contribution in [-0.2, 0) is 4.79 Å². The molecule has 1 heterocycles. The summed E-state index contributed by atoms with van der Waals surface area (Å²) in [4.78, 5) is 25.3. The normalized spacial score (nSPS) is 22.5. The predicted molar refractivity (Wildman–Crippen MR) is 92.0 cm³/mol. The lowest BCUT2D eigenvalue weighted by molar-refractivity contribution is -0.141. The molecule has 0 radical (unpaired) electrons. The molecule has 1 aromatic rings. The van der Waals surface area contributed by atoms with Crippen LogP contribution in [0.1, 0.15) is 43.7 Å². The van der Waals surface area contributed by atoms with E-state index in [9.17, 15) is 9.59 Å². The summed E-state index contributed by atoms with van der Waals surface area (Å²) in [6.45, 7) is 0.792. The number of carboxylic acids is 1. The number of likely N-dealkylation sites (tertiary alicyclic amines) is 1. The van der Waals surface area contributed by atoms with Crippen LogP contribution in [0.15, 0.2) is 24.3 Å². The van der Waals surface area contributed by atoms with Crippen molar-refractivity contribution in [2.24, 2.45) is 11.8 Å². The first-order chi connectivity index (χ1) is 11.5. The maximum Gasteiger partial charge on any atom is 0.317 e. The Kier molecular flexibility index (Phi) is 5.29. The predicted octanol–water partition coefficient (Wildman–Crippen LogP) is 3.69. The van der Waals surface area contributed by atoms with E-state index in [2.05, 4.69) is 5.32 Å². The minimum Gasteiger partial charge on any atom is -0.481 e. The van der Waals surface area contributed by atoms with Crippen LogP contribution >= 0.6 is 11.6 Å². The highest BCUT2D eigenvalue weighted by Gasteiger charge is 2.34. The average Bonchev–Trinajstić information content (AvgIpc) is 3.25. The third-order valence-corrected chi connectivity index (χ3v) is 5.46. The molecule has 6 heteroatoms. The molecular formula is C18H23ClN2O3. The SMILES string of the molecule is O=C(O)C1CCN(C(=O)NC(c2ccc(Cl)cc2)C2CCCC2)C1. The summed E-state index contributed by atoms with van der Waals surface area (Å²) in [7, 11) is 0. The van der Waals surface area contributed by atoms with Crippen LogP contribution < -0.4 is 5.32 Å². The molecule has 2 N–H and O–H groups in total. The number of nitrogens with zero attached hydrogens (tertiary/aromatic N) is 1. The zero-order valence-corrected chi connectivity index (χ0v) is 14.3. The summed E-state index contributed by atoms with van der Waals surface area (Å²) >= 11 is 5.98. The van der Waals surface area contributed by atoms with Gasteiger partial charge in [-0.05, 0) is 42.9 Å². The van der Waals surface area contributed by atoms with Gasteiger partial charge in [0.05, 0.1) is 12.0 Å². The Morgan fingerprint density at radius 3 is 2.42 bits per heavy atom. The van der Waals surface area contributed by atoms with E-state index in [0.29, 0.717) is 30.5 Å². The lowest BCUT2D eigenvalue weighted by atomic mass is 9.92. The molecule has 0 bridgehead atoms. The number of carboxylic acid groups (broad SMARTS) is 1. The Morgan fingerprint density at radius 1 is 1.17 bits per heavy atom. The minimum atomic E-state index is -0.824. The first-order valence-corrected chi connectivity index (χ1v) is 8.96. The zero-order chi connectivity index (χ0) is 17.1. The van der Waals surface area contributed by atoms with E-state index >= 15 is 0 Å². The Balaban J connectivity index is 1.71. The number of aliphatic carboxylic acids is 1. The van der Waals surface area contributed by atoms with Crippen molar-refractivity contribution in [2.75, 3.05) is 13.1 Å². The second-order valence-electron chi connectivity index (χ2n) is 6.79. The van der Waals surface area contributed by atoms with E-state index in [0.717, 1.165) is 18.4 Å². The minimum absolute atomic E-state index is 0.0406. The molecule has 1 aliphatic heterocycles. The maximum atomic E-state index is 12.6. The molecule has 3 rings (SSSR count). The van der Waals surface area contributed by atoms with Crippen LogP contribution in [0.25, 0.3) is 0 Å². The third kappa shape index (κ3) is 3.83. The molecule has 2 unspecified atom stereocenters. The summed E-state index contributed by atoms with van der Waals surface area (Å²) in [5.74, 6) is -0.848. The highest BCUT2D eigenvalue weighted by atomic mass is 35.5. The van der Waals surface area contributed by atoms with Crippen molar-refractivity contribution in [2.45, 2.75) is 38.1 Å². The van der Waals surface area contributed by atoms with Crippen LogP contribution in [0, 0.1) is 11.8 Å². The molecule has 2 fully saturated rings. The van der Waals surface area contributed by atoms with Gasteiger partial charge in [0.2, 0.25) is 0 Å². The van der Waals surface area contributed by atoms with Gasteiger partial charge in [-0.15, -0.1) is 0 Å². The van der Waals surface area contributed by atoms with Gasteiger partial charge in [0.1, 0.15) is 0 Å². The van der Waals surface area contributed by atoms with Gasteiger partial charge in [0, 0.05) is 18.1 Å². The Bertz CT molecular complexity index is 599. The van der Waals surface area contributed by atoms with Gasteiger partial charge in [0.25, 0.3) is 0 Å². The number of hydrogen-bond acceptors (Lipinski definition) is 2. The number of amides is 2. The maximum absolute atomic E-state index is 12.6. The van der Waals surface area contributed by atoms with Crippen LogP contribution in [0.4, 0.5) is 4.79 Å². The van der Waals surface area contributed by atoms with Crippen LogP contribution in [0.3, 0.4) is 0 Å². The van der Waals surface area contributed by atoms with Crippen molar-refractivity contribution in [1.82, 2.24) is 10.2 Å². The number of carbonyl (C=O) groups excluding carboxylic acids is 1. The van der Waals surface area contributed by atoms with E-state index in [1.807, 2.05) is 24.3 Å². The first-order valence-electron chi connectivity index (χ1n) is 8.58. The molecule has 5 nitrogen and oxygen atoms in total. The van der Waals surface area contributed by atoms with Crippen LogP contribution in [0.2, 0.25) is 5.02 Å². The number of carbonyl (C=O) groups is 2. The fraction of sp³-hybridized carbons (Fsp3) is 0.556. The lowest BCUT2D eigenvalue weighted by Gasteiger charge is -2.28. The van der Waals surface area contributed by atoms with Crippen molar-refractivity contribution in [3.05, 3.63) is 34.9 Å². The van der Waals surface area contributed by atoms with E-state index in [-0.39, 0.29) is 12.1 Å². The standard InChI is InChI=1S/C18H23ClN2O3/c19-15-7-5-13(6-8-15)16(12-3-1-2-4-12)20-18(24)21-10-9-14(11-21)17(22)23/h5-8,12,14,16H,1-4,9-11H2,(H,20,24)(H,22,23). The highest BCUT2D eigenvalue weighted by molar-refractivity contribution is 6.30. The van der Waals surface area contributed by atoms with E-state index in [1.54, 1.807) is 4.90 Å². The Labute approximate surface area is 147 Å². The summed E-state index contributed by atoms with van der Waals surface area (Å²) in [5.41, 5.74) is 1.06. The molecule has 1 aromatic carbocycles. The number of nitrogens with one attached hydrogen (secondary N) is 1. The number of hydrogen-bond donors (Lipinski definition) is 2. The van der Waals surface area contributed by atoms with Gasteiger partial charge in [-0.3, -0.25) is 4.79 Å². The van der Waals surface area contributed by atoms with Gasteiger partial charge in [0.15, 0.2) is 0 Å². The molecule has 0 spiro atoms. The molecular weight excluding hydrogens is 328 g/mol. The summed E-state index contributed by atoms with van der Waals surface area (Å²) in [5, 5.41) is 12.9. The van der Waals surface area contributed by atoms with Crippen LogP contribution in [-0.4, -0.2) is 35.1 Å². The summed E-state index contributed by atoms with van der Waals surface area (Å²) in [6.07, 6.45) is 5.11. The zero-order valence-electron chi connectivity index (χ0n) is 13.6. The highest BCUT2D eigenvalue weighted by Crippen LogP contribution is 2.36. The molecule has 1 aliphatic carbocycles. The summed E-state index contributed by atoms with van der Waals surface area (Å²) < 4.78 is 0. The van der Waals surface area contributed by atoms with Crippen molar-refractivity contribution in [3.8, 4) is 0 Å². The van der Waals surface area contributed by atoms with Gasteiger partial charge < -0.3 is 15.3 Å².